The number of hydrogen-bond acceptors (Lipinski definition) is 5. The molecule has 0 saturated carbocycles. The van der Waals surface area contributed by atoms with Crippen LogP contribution >= 0.6 is 0 Å². The highest BCUT2D eigenvalue weighted by atomic mass is 19.4. The van der Waals surface area contributed by atoms with E-state index < -0.39 is 23.4 Å². The molecule has 11 heteroatoms. The van der Waals surface area contributed by atoms with Gasteiger partial charge in [-0.1, -0.05) is 39.0 Å². The quantitative estimate of drug-likeness (QED) is 0.284. The molecule has 0 radical (unpaired) electrons. The lowest BCUT2D eigenvalue weighted by Gasteiger charge is -2.33. The summed E-state index contributed by atoms with van der Waals surface area (Å²) in [6.45, 7) is 6.91. The van der Waals surface area contributed by atoms with Crippen LogP contribution in [0.2, 0.25) is 0 Å². The van der Waals surface area contributed by atoms with Crippen LogP contribution in [0.4, 0.5) is 18.9 Å². The summed E-state index contributed by atoms with van der Waals surface area (Å²) in [5, 5.41) is 5.02. The monoisotopic (exact) mass is 509 g/mol. The highest BCUT2D eigenvalue weighted by molar-refractivity contribution is 6.13. The molecule has 3 amide bonds. The molecule has 1 aromatic rings. The molecule has 8 nitrogen and oxygen atoms in total. The zero-order valence-electron chi connectivity index (χ0n) is 20.8. The number of para-hydroxylation sites is 1. The van der Waals surface area contributed by atoms with Crippen molar-refractivity contribution in [2.24, 2.45) is 22.1 Å². The second kappa shape index (κ2) is 12.5. The summed E-state index contributed by atoms with van der Waals surface area (Å²) >= 11 is 0. The lowest BCUT2D eigenvalue weighted by molar-refractivity contribution is -0.137. The summed E-state index contributed by atoms with van der Waals surface area (Å²) in [5.41, 5.74) is 3.06. The van der Waals surface area contributed by atoms with Gasteiger partial charge in [0.25, 0.3) is 5.91 Å². The van der Waals surface area contributed by atoms with E-state index in [-0.39, 0.29) is 36.2 Å². The Morgan fingerprint density at radius 2 is 1.64 bits per heavy atom. The van der Waals surface area contributed by atoms with Crippen molar-refractivity contribution in [3.8, 4) is 0 Å². The van der Waals surface area contributed by atoms with Crippen molar-refractivity contribution < 1.29 is 27.6 Å². The van der Waals surface area contributed by atoms with Crippen molar-refractivity contribution >= 4 is 29.6 Å². The molecule has 1 fully saturated rings. The zero-order chi connectivity index (χ0) is 26.9. The number of nitrogens with two attached hydrogens (primary N) is 1. The van der Waals surface area contributed by atoms with E-state index in [0.717, 1.165) is 6.21 Å². The fourth-order valence-corrected chi connectivity index (χ4v) is 3.61. The van der Waals surface area contributed by atoms with Gasteiger partial charge < -0.3 is 21.3 Å². The Kier molecular flexibility index (Phi) is 10.1. The second-order valence-electron chi connectivity index (χ2n) is 9.86. The number of amides is 3. The third-order valence-electron chi connectivity index (χ3n) is 5.55. The Labute approximate surface area is 209 Å². The lowest BCUT2D eigenvalue weighted by Crippen LogP contribution is -2.45. The van der Waals surface area contributed by atoms with Crippen LogP contribution < -0.4 is 16.4 Å². The molecular weight excluding hydrogens is 475 g/mol. The van der Waals surface area contributed by atoms with Crippen LogP contribution in [0.3, 0.4) is 0 Å². The van der Waals surface area contributed by atoms with Crippen LogP contribution in [0, 0.1) is 11.3 Å². The summed E-state index contributed by atoms with van der Waals surface area (Å²) in [5.74, 6) is -1.47. The zero-order valence-corrected chi connectivity index (χ0v) is 20.8. The first kappa shape index (κ1) is 28.9. The van der Waals surface area contributed by atoms with Crippen LogP contribution in [-0.2, 0) is 14.4 Å². The molecule has 0 spiro atoms. The van der Waals surface area contributed by atoms with E-state index in [1.165, 1.54) is 0 Å². The maximum absolute atomic E-state index is 13.1. The predicted octanol–water partition coefficient (Wildman–Crippen LogP) is 3.07. The molecule has 198 valence electrons. The van der Waals surface area contributed by atoms with Crippen molar-refractivity contribution in [3.63, 3.8) is 0 Å². The van der Waals surface area contributed by atoms with Gasteiger partial charge >= 0.3 is 6.18 Å². The van der Waals surface area contributed by atoms with Crippen molar-refractivity contribution in [3.05, 3.63) is 41.6 Å². The van der Waals surface area contributed by atoms with E-state index in [0.29, 0.717) is 38.0 Å². The number of piperidine rings is 1. The van der Waals surface area contributed by atoms with Gasteiger partial charge in [-0.3, -0.25) is 19.4 Å². The van der Waals surface area contributed by atoms with Gasteiger partial charge in [0.05, 0.1) is 11.3 Å². The SMILES string of the molecule is CC(C)(C)CC(=O)N1CCC(C(=O)NCCNC(=O)C(C=Nc2ccccc2)=C(N)C(F)(F)F)CC1. The number of nitrogens with one attached hydrogen (secondary N) is 2. The first-order chi connectivity index (χ1) is 16.8. The van der Waals surface area contributed by atoms with Crippen LogP contribution in [0.25, 0.3) is 0 Å². The normalized spacial score (nSPS) is 16.0. The topological polar surface area (TPSA) is 117 Å². The number of likely N-dealkylation sites (tertiary alicyclic amines) is 1. The minimum Gasteiger partial charge on any atom is -0.394 e. The van der Waals surface area contributed by atoms with E-state index in [1.807, 2.05) is 20.8 Å². The summed E-state index contributed by atoms with van der Waals surface area (Å²) in [6, 6.07) is 8.16. The minimum absolute atomic E-state index is 0.0305. The maximum atomic E-state index is 13.1. The van der Waals surface area contributed by atoms with Crippen molar-refractivity contribution in [2.75, 3.05) is 26.2 Å². The standard InChI is InChI=1S/C25H34F3N5O3/c1-24(2,3)15-20(34)33-13-9-17(10-14-33)22(35)30-11-12-31-23(36)19(21(29)25(26,27)28)16-32-18-7-5-4-6-8-18/h4-8,16-17H,9-15,29H2,1-3H3,(H,30,35)(H,31,36). The molecule has 36 heavy (non-hydrogen) atoms. The first-order valence-corrected chi connectivity index (χ1v) is 11.8. The Hall–Kier alpha value is -3.37. The maximum Gasteiger partial charge on any atom is 0.431 e. The lowest BCUT2D eigenvalue weighted by atomic mass is 9.90. The number of nitrogens with zero attached hydrogens (tertiary/aromatic N) is 2. The van der Waals surface area contributed by atoms with Gasteiger partial charge in [-0.15, -0.1) is 0 Å². The molecule has 1 aliphatic heterocycles. The number of halogens is 3. The Morgan fingerprint density at radius 3 is 2.19 bits per heavy atom. The molecule has 1 aromatic carbocycles. The van der Waals surface area contributed by atoms with Crippen molar-refractivity contribution in [1.29, 1.82) is 0 Å². The van der Waals surface area contributed by atoms with Gasteiger partial charge in [-0.2, -0.15) is 13.2 Å². The van der Waals surface area contributed by atoms with Gasteiger partial charge in [0.1, 0.15) is 5.70 Å². The van der Waals surface area contributed by atoms with Gasteiger partial charge in [-0.25, -0.2) is 0 Å². The molecule has 0 aliphatic carbocycles. The van der Waals surface area contributed by atoms with Crippen LogP contribution in [-0.4, -0.2) is 61.2 Å². The number of hydrogen-bond donors (Lipinski definition) is 3. The average Bonchev–Trinajstić information content (AvgIpc) is 2.80. The first-order valence-electron chi connectivity index (χ1n) is 11.8. The van der Waals surface area contributed by atoms with Crippen LogP contribution in [0.5, 0.6) is 0 Å². The summed E-state index contributed by atoms with van der Waals surface area (Å²) in [7, 11) is 0. The molecule has 0 aromatic heterocycles. The third-order valence-corrected chi connectivity index (χ3v) is 5.55. The van der Waals surface area contributed by atoms with E-state index in [1.54, 1.807) is 35.2 Å². The number of aliphatic imine (C=N–C) groups is 1. The summed E-state index contributed by atoms with van der Waals surface area (Å²) < 4.78 is 39.4. The predicted molar refractivity (Wildman–Crippen MR) is 131 cm³/mol. The van der Waals surface area contributed by atoms with E-state index in [4.69, 9.17) is 5.73 Å². The molecule has 0 unspecified atom stereocenters. The summed E-state index contributed by atoms with van der Waals surface area (Å²) in [4.78, 5) is 42.9. The highest BCUT2D eigenvalue weighted by Gasteiger charge is 2.36. The summed E-state index contributed by atoms with van der Waals surface area (Å²) in [6.07, 6.45) is -2.64. The fraction of sp³-hybridized carbons (Fsp3) is 0.520. The minimum atomic E-state index is -4.91. The number of allylic oxidation sites excluding steroid dienone is 1. The van der Waals surface area contributed by atoms with Crippen LogP contribution in [0.15, 0.2) is 46.6 Å². The molecule has 0 atom stereocenters. The Morgan fingerprint density at radius 1 is 1.06 bits per heavy atom. The number of benzene rings is 1. The number of rotatable bonds is 8. The van der Waals surface area contributed by atoms with E-state index in [2.05, 4.69) is 15.6 Å². The van der Waals surface area contributed by atoms with Crippen molar-refractivity contribution in [2.45, 2.75) is 46.2 Å². The molecule has 4 N–H and O–H groups in total. The fourth-order valence-electron chi connectivity index (χ4n) is 3.61. The number of carbonyl (C=O) groups excluding carboxylic acids is 3. The average molecular weight is 510 g/mol. The highest BCUT2D eigenvalue weighted by Crippen LogP contribution is 2.25. The molecular formula is C25H34F3N5O3. The second-order valence-corrected chi connectivity index (χ2v) is 9.86. The van der Waals surface area contributed by atoms with E-state index in [9.17, 15) is 27.6 Å². The number of carbonyl (C=O) groups is 3. The molecule has 1 saturated heterocycles. The molecule has 0 bridgehead atoms. The van der Waals surface area contributed by atoms with E-state index >= 15 is 0 Å². The Balaban J connectivity index is 1.85. The smallest absolute Gasteiger partial charge is 0.394 e. The largest absolute Gasteiger partial charge is 0.431 e. The Bertz CT molecular complexity index is 977. The van der Waals surface area contributed by atoms with Gasteiger partial charge in [-0.05, 0) is 30.4 Å². The van der Waals surface area contributed by atoms with Gasteiger partial charge in [0.2, 0.25) is 11.8 Å². The molecule has 1 aliphatic rings. The van der Waals surface area contributed by atoms with Crippen molar-refractivity contribution in [1.82, 2.24) is 15.5 Å². The van der Waals surface area contributed by atoms with Crippen LogP contribution in [0.1, 0.15) is 40.0 Å². The third kappa shape index (κ3) is 9.35. The molecule has 2 rings (SSSR count). The van der Waals surface area contributed by atoms with Gasteiger partial charge in [0, 0.05) is 44.7 Å². The molecule has 1 heterocycles. The number of alkyl halides is 3. The van der Waals surface area contributed by atoms with Gasteiger partial charge in [0.15, 0.2) is 0 Å².